The fourth-order valence-corrected chi connectivity index (χ4v) is 4.77. The number of hydrogen-bond donors (Lipinski definition) is 1. The molecule has 0 spiro atoms. The van der Waals surface area contributed by atoms with Crippen LogP contribution in [0.15, 0.2) is 30.9 Å². The Balaban J connectivity index is 1.44. The van der Waals surface area contributed by atoms with Gasteiger partial charge in [-0.1, -0.05) is 19.8 Å². The number of nitrogens with zero attached hydrogens (tertiary/aromatic N) is 3. The van der Waals surface area contributed by atoms with Crippen LogP contribution in [0.2, 0.25) is 0 Å². The van der Waals surface area contributed by atoms with Crippen molar-refractivity contribution in [1.82, 2.24) is 19.7 Å². The number of hydrogen-bond acceptors (Lipinski definition) is 4. The van der Waals surface area contributed by atoms with Gasteiger partial charge in [-0.25, -0.2) is 4.98 Å². The Hall–Kier alpha value is -2.21. The van der Waals surface area contributed by atoms with Crippen molar-refractivity contribution in [2.45, 2.75) is 45.6 Å². The monoisotopic (exact) mass is 354 g/mol. The van der Waals surface area contributed by atoms with E-state index in [0.717, 1.165) is 35.0 Å². The fourth-order valence-electron chi connectivity index (χ4n) is 3.65. The number of thiophene rings is 1. The van der Waals surface area contributed by atoms with Crippen molar-refractivity contribution in [3.63, 3.8) is 0 Å². The molecule has 1 atom stereocenters. The average Bonchev–Trinajstić information content (AvgIpc) is 3.23. The van der Waals surface area contributed by atoms with E-state index >= 15 is 0 Å². The maximum Gasteiger partial charge on any atom is 0.261 e. The summed E-state index contributed by atoms with van der Waals surface area (Å²) < 4.78 is 1.95. The molecule has 5 nitrogen and oxygen atoms in total. The zero-order chi connectivity index (χ0) is 17.2. The Morgan fingerprint density at radius 3 is 3.24 bits per heavy atom. The van der Waals surface area contributed by atoms with Gasteiger partial charge in [0.25, 0.3) is 5.91 Å². The summed E-state index contributed by atoms with van der Waals surface area (Å²) in [6.07, 6.45) is 13.1. The van der Waals surface area contributed by atoms with Gasteiger partial charge in [-0.2, -0.15) is 0 Å². The fraction of sp³-hybridized carbons (Fsp3) is 0.421. The first-order chi connectivity index (χ1) is 12.2. The van der Waals surface area contributed by atoms with Gasteiger partial charge in [-0.15, -0.1) is 11.3 Å². The van der Waals surface area contributed by atoms with Gasteiger partial charge in [0.1, 0.15) is 0 Å². The van der Waals surface area contributed by atoms with Crippen molar-refractivity contribution >= 4 is 22.9 Å². The van der Waals surface area contributed by atoms with E-state index in [4.69, 9.17) is 0 Å². The van der Waals surface area contributed by atoms with Gasteiger partial charge >= 0.3 is 0 Å². The molecule has 0 saturated carbocycles. The van der Waals surface area contributed by atoms with Crippen LogP contribution in [0.1, 0.15) is 52.0 Å². The molecule has 0 aliphatic heterocycles. The van der Waals surface area contributed by atoms with E-state index in [1.165, 1.54) is 29.7 Å². The average molecular weight is 354 g/mol. The molecular formula is C19H22N4OS. The number of nitrogens with one attached hydrogen (secondary N) is 1. The van der Waals surface area contributed by atoms with E-state index in [2.05, 4.69) is 28.3 Å². The van der Waals surface area contributed by atoms with E-state index in [1.54, 1.807) is 29.9 Å². The maximum atomic E-state index is 12.6. The molecular weight excluding hydrogens is 332 g/mol. The van der Waals surface area contributed by atoms with Crippen molar-refractivity contribution in [2.75, 3.05) is 0 Å². The Morgan fingerprint density at radius 2 is 2.36 bits per heavy atom. The highest BCUT2D eigenvalue weighted by Gasteiger charge is 2.22. The van der Waals surface area contributed by atoms with Crippen LogP contribution in [0.5, 0.6) is 0 Å². The standard InChI is InChI=1S/C19H22N4OS/c1-2-3-13-4-5-16-14(8-13)9-17(25-16)19(24)22-11-15-10-21-18-12-20-6-7-23(15)18/h6-7,9-10,12-13H,2-5,8,11H2,1H3,(H,22,24). The summed E-state index contributed by atoms with van der Waals surface area (Å²) in [6, 6.07) is 2.11. The van der Waals surface area contributed by atoms with E-state index in [1.807, 2.05) is 10.6 Å². The van der Waals surface area contributed by atoms with Gasteiger partial charge in [0, 0.05) is 17.3 Å². The Kier molecular flexibility index (Phi) is 4.53. The van der Waals surface area contributed by atoms with Crippen LogP contribution >= 0.6 is 11.3 Å². The summed E-state index contributed by atoms with van der Waals surface area (Å²) in [6.45, 7) is 2.71. The van der Waals surface area contributed by atoms with E-state index in [0.29, 0.717) is 6.54 Å². The number of carbonyl (C=O) groups is 1. The largest absolute Gasteiger partial charge is 0.346 e. The summed E-state index contributed by atoms with van der Waals surface area (Å²) in [7, 11) is 0. The molecule has 3 aromatic rings. The van der Waals surface area contributed by atoms with Gasteiger partial charge < -0.3 is 5.32 Å². The highest BCUT2D eigenvalue weighted by atomic mass is 32.1. The Morgan fingerprint density at radius 1 is 1.44 bits per heavy atom. The predicted octanol–water partition coefficient (Wildman–Crippen LogP) is 3.63. The molecule has 0 saturated heterocycles. The normalized spacial score (nSPS) is 16.8. The van der Waals surface area contributed by atoms with Crippen molar-refractivity contribution in [3.8, 4) is 0 Å². The van der Waals surface area contributed by atoms with E-state index in [-0.39, 0.29) is 5.91 Å². The second-order valence-electron chi connectivity index (χ2n) is 6.69. The van der Waals surface area contributed by atoms with Crippen LogP contribution in [0.4, 0.5) is 0 Å². The molecule has 1 aliphatic carbocycles. The molecule has 0 fully saturated rings. The summed E-state index contributed by atoms with van der Waals surface area (Å²) in [5.74, 6) is 0.797. The molecule has 1 amide bonds. The van der Waals surface area contributed by atoms with Gasteiger partial charge in [0.15, 0.2) is 5.65 Å². The summed E-state index contributed by atoms with van der Waals surface area (Å²) >= 11 is 1.66. The van der Waals surface area contributed by atoms with Crippen LogP contribution in [-0.2, 0) is 19.4 Å². The number of fused-ring (bicyclic) bond motifs is 2. The highest BCUT2D eigenvalue weighted by molar-refractivity contribution is 7.14. The zero-order valence-electron chi connectivity index (χ0n) is 14.4. The lowest BCUT2D eigenvalue weighted by atomic mass is 9.85. The molecule has 3 aromatic heterocycles. The van der Waals surface area contributed by atoms with Crippen LogP contribution in [-0.4, -0.2) is 20.3 Å². The van der Waals surface area contributed by atoms with Crippen molar-refractivity contribution < 1.29 is 4.79 Å². The topological polar surface area (TPSA) is 59.3 Å². The lowest BCUT2D eigenvalue weighted by molar-refractivity contribution is 0.0954. The van der Waals surface area contributed by atoms with Crippen LogP contribution < -0.4 is 5.32 Å². The molecule has 0 bridgehead atoms. The van der Waals surface area contributed by atoms with Gasteiger partial charge in [-0.05, 0) is 36.8 Å². The number of rotatable bonds is 5. The summed E-state index contributed by atoms with van der Waals surface area (Å²) in [4.78, 5) is 23.1. The van der Waals surface area contributed by atoms with Crippen molar-refractivity contribution in [1.29, 1.82) is 0 Å². The second kappa shape index (κ2) is 6.96. The maximum absolute atomic E-state index is 12.6. The first-order valence-corrected chi connectivity index (χ1v) is 9.72. The zero-order valence-corrected chi connectivity index (χ0v) is 15.2. The number of aryl methyl sites for hydroxylation is 1. The summed E-state index contributed by atoms with van der Waals surface area (Å²) in [5, 5.41) is 3.03. The highest BCUT2D eigenvalue weighted by Crippen LogP contribution is 2.34. The molecule has 6 heteroatoms. The molecule has 25 heavy (non-hydrogen) atoms. The molecule has 1 unspecified atom stereocenters. The molecule has 130 valence electrons. The molecule has 0 radical (unpaired) electrons. The number of carbonyl (C=O) groups excluding carboxylic acids is 1. The second-order valence-corrected chi connectivity index (χ2v) is 7.83. The predicted molar refractivity (Wildman–Crippen MR) is 98.9 cm³/mol. The smallest absolute Gasteiger partial charge is 0.261 e. The van der Waals surface area contributed by atoms with Gasteiger partial charge in [-0.3, -0.25) is 14.2 Å². The number of amides is 1. The van der Waals surface area contributed by atoms with Crippen LogP contribution in [0.3, 0.4) is 0 Å². The van der Waals surface area contributed by atoms with E-state index in [9.17, 15) is 4.79 Å². The van der Waals surface area contributed by atoms with Gasteiger partial charge in [0.05, 0.1) is 29.5 Å². The van der Waals surface area contributed by atoms with Crippen molar-refractivity contribution in [2.24, 2.45) is 5.92 Å². The van der Waals surface area contributed by atoms with Crippen LogP contribution in [0.25, 0.3) is 5.65 Å². The van der Waals surface area contributed by atoms with Gasteiger partial charge in [0.2, 0.25) is 0 Å². The Labute approximate surface area is 151 Å². The first kappa shape index (κ1) is 16.3. The third-order valence-electron chi connectivity index (χ3n) is 4.93. The van der Waals surface area contributed by atoms with Crippen LogP contribution in [0, 0.1) is 5.92 Å². The minimum absolute atomic E-state index is 0.00967. The first-order valence-electron chi connectivity index (χ1n) is 8.90. The molecule has 1 N–H and O–H groups in total. The SMILES string of the molecule is CCCC1CCc2sc(C(=O)NCc3cnc4cnccn34)cc2C1. The minimum Gasteiger partial charge on any atom is -0.346 e. The third kappa shape index (κ3) is 3.31. The van der Waals surface area contributed by atoms with E-state index < -0.39 is 0 Å². The molecule has 0 aromatic carbocycles. The Bertz CT molecular complexity index is 898. The quantitative estimate of drug-likeness (QED) is 0.761. The third-order valence-corrected chi connectivity index (χ3v) is 6.17. The summed E-state index contributed by atoms with van der Waals surface area (Å²) in [5.41, 5.74) is 3.14. The minimum atomic E-state index is 0.00967. The lowest BCUT2D eigenvalue weighted by Gasteiger charge is -2.21. The number of imidazole rings is 1. The molecule has 4 rings (SSSR count). The number of aromatic nitrogens is 3. The lowest BCUT2D eigenvalue weighted by Crippen LogP contribution is -2.22. The molecule has 1 aliphatic rings. The van der Waals surface area contributed by atoms with Crippen molar-refractivity contribution in [3.05, 3.63) is 51.9 Å². The molecule has 3 heterocycles.